The molecule has 1 aromatic rings. The largest absolute Gasteiger partial charge is 0.489 e. The third-order valence-corrected chi connectivity index (χ3v) is 3.06. The summed E-state index contributed by atoms with van der Waals surface area (Å²) in [5.41, 5.74) is 1.01. The molecule has 0 aliphatic heterocycles. The number of carbonyl (C=O) groups is 1. The molecular weight excluding hydrogens is 266 g/mol. The van der Waals surface area contributed by atoms with Gasteiger partial charge in [-0.05, 0) is 18.4 Å². The lowest BCUT2D eigenvalue weighted by Crippen LogP contribution is -2.38. The molecule has 0 saturated heterocycles. The normalized spacial score (nSPS) is 12.0. The molecule has 0 bridgehead atoms. The number of ether oxygens (including phenoxy) is 2. The van der Waals surface area contributed by atoms with E-state index in [-0.39, 0.29) is 12.0 Å². The smallest absolute Gasteiger partial charge is 0.322 e. The average Bonchev–Trinajstić information content (AvgIpc) is 2.49. The van der Waals surface area contributed by atoms with Gasteiger partial charge in [0.15, 0.2) is 0 Å². The van der Waals surface area contributed by atoms with E-state index in [1.54, 1.807) is 6.08 Å². The first-order chi connectivity index (χ1) is 10.1. The molecule has 1 atom stereocenters. The van der Waals surface area contributed by atoms with Gasteiger partial charge in [0.25, 0.3) is 0 Å². The summed E-state index contributed by atoms with van der Waals surface area (Å²) in [7, 11) is 1.42. The summed E-state index contributed by atoms with van der Waals surface area (Å²) < 4.78 is 10.5. The lowest BCUT2D eigenvalue weighted by molar-refractivity contribution is -0.143. The number of rotatable bonds is 9. The van der Waals surface area contributed by atoms with Gasteiger partial charge in [0.1, 0.15) is 18.4 Å². The van der Waals surface area contributed by atoms with Crippen molar-refractivity contribution in [1.82, 2.24) is 5.32 Å². The molecule has 1 aromatic carbocycles. The van der Waals surface area contributed by atoms with E-state index in [4.69, 9.17) is 9.47 Å². The SMILES string of the molecule is C=CCOc1ccccc1CNC(CC(C)C)C(=O)OC. The van der Waals surface area contributed by atoms with Crippen LogP contribution in [0.1, 0.15) is 25.8 Å². The number of benzene rings is 1. The van der Waals surface area contributed by atoms with Gasteiger partial charge in [-0.15, -0.1) is 0 Å². The summed E-state index contributed by atoms with van der Waals surface area (Å²) in [6.45, 7) is 8.83. The predicted molar refractivity (Wildman–Crippen MR) is 84.2 cm³/mol. The third-order valence-electron chi connectivity index (χ3n) is 3.06. The Bertz CT molecular complexity index is 457. The topological polar surface area (TPSA) is 47.6 Å². The van der Waals surface area contributed by atoms with Gasteiger partial charge in [-0.2, -0.15) is 0 Å². The van der Waals surface area contributed by atoms with Gasteiger partial charge in [0, 0.05) is 12.1 Å². The highest BCUT2D eigenvalue weighted by Crippen LogP contribution is 2.18. The van der Waals surface area contributed by atoms with Crippen molar-refractivity contribution in [3.63, 3.8) is 0 Å². The van der Waals surface area contributed by atoms with Crippen LogP contribution in [-0.2, 0) is 16.1 Å². The van der Waals surface area contributed by atoms with E-state index in [0.717, 1.165) is 17.7 Å². The van der Waals surface area contributed by atoms with Gasteiger partial charge in [-0.1, -0.05) is 44.7 Å². The molecule has 0 fully saturated rings. The summed E-state index contributed by atoms with van der Waals surface area (Å²) in [6, 6.07) is 7.47. The first kappa shape index (κ1) is 17.2. The van der Waals surface area contributed by atoms with Gasteiger partial charge >= 0.3 is 5.97 Å². The van der Waals surface area contributed by atoms with Crippen LogP contribution in [0.25, 0.3) is 0 Å². The molecule has 21 heavy (non-hydrogen) atoms. The van der Waals surface area contributed by atoms with Crippen LogP contribution in [0.4, 0.5) is 0 Å². The molecule has 4 heteroatoms. The summed E-state index contributed by atoms with van der Waals surface area (Å²) in [5.74, 6) is 0.986. The highest BCUT2D eigenvalue weighted by atomic mass is 16.5. The maximum Gasteiger partial charge on any atom is 0.322 e. The molecule has 4 nitrogen and oxygen atoms in total. The maximum atomic E-state index is 11.8. The number of para-hydroxylation sites is 1. The van der Waals surface area contributed by atoms with Crippen molar-refractivity contribution in [3.8, 4) is 5.75 Å². The number of esters is 1. The minimum Gasteiger partial charge on any atom is -0.489 e. The molecule has 0 heterocycles. The van der Waals surface area contributed by atoms with Crippen molar-refractivity contribution < 1.29 is 14.3 Å². The summed E-state index contributed by atoms with van der Waals surface area (Å²) in [6.07, 6.45) is 2.45. The van der Waals surface area contributed by atoms with Crippen LogP contribution in [0.15, 0.2) is 36.9 Å². The van der Waals surface area contributed by atoms with Crippen LogP contribution in [-0.4, -0.2) is 25.7 Å². The highest BCUT2D eigenvalue weighted by Gasteiger charge is 2.20. The Balaban J connectivity index is 2.70. The lowest BCUT2D eigenvalue weighted by atomic mass is 10.0. The van der Waals surface area contributed by atoms with Gasteiger partial charge in [-0.25, -0.2) is 0 Å². The van der Waals surface area contributed by atoms with Crippen molar-refractivity contribution in [2.24, 2.45) is 5.92 Å². The molecule has 0 radical (unpaired) electrons. The van der Waals surface area contributed by atoms with Crippen LogP contribution in [0, 0.1) is 5.92 Å². The zero-order chi connectivity index (χ0) is 15.7. The molecule has 0 aliphatic carbocycles. The first-order valence-electron chi connectivity index (χ1n) is 7.21. The van der Waals surface area contributed by atoms with E-state index in [1.165, 1.54) is 7.11 Å². The molecule has 1 unspecified atom stereocenters. The Labute approximate surface area is 127 Å². The van der Waals surface area contributed by atoms with Crippen LogP contribution >= 0.6 is 0 Å². The molecular formula is C17H25NO3. The van der Waals surface area contributed by atoms with E-state index in [0.29, 0.717) is 19.1 Å². The Kier molecular flexibility index (Phi) is 7.54. The molecule has 0 aliphatic rings. The molecule has 0 saturated carbocycles. The minimum absolute atomic E-state index is 0.229. The predicted octanol–water partition coefficient (Wildman–Crippen LogP) is 2.93. The average molecular weight is 291 g/mol. The second kappa shape index (κ2) is 9.19. The van der Waals surface area contributed by atoms with E-state index >= 15 is 0 Å². The van der Waals surface area contributed by atoms with E-state index < -0.39 is 0 Å². The zero-order valence-electron chi connectivity index (χ0n) is 13.1. The van der Waals surface area contributed by atoms with E-state index in [9.17, 15) is 4.79 Å². The van der Waals surface area contributed by atoms with Crippen LogP contribution in [0.3, 0.4) is 0 Å². The number of carbonyl (C=O) groups excluding carboxylic acids is 1. The molecule has 116 valence electrons. The summed E-state index contributed by atoms with van der Waals surface area (Å²) in [5, 5.41) is 3.25. The number of methoxy groups -OCH3 is 1. The van der Waals surface area contributed by atoms with Crippen LogP contribution in [0.5, 0.6) is 5.75 Å². The van der Waals surface area contributed by atoms with Crippen LogP contribution < -0.4 is 10.1 Å². The zero-order valence-corrected chi connectivity index (χ0v) is 13.1. The van der Waals surface area contributed by atoms with Crippen molar-refractivity contribution in [2.75, 3.05) is 13.7 Å². The van der Waals surface area contributed by atoms with Crippen molar-refractivity contribution in [2.45, 2.75) is 32.9 Å². The van der Waals surface area contributed by atoms with E-state index in [1.807, 2.05) is 24.3 Å². The summed E-state index contributed by atoms with van der Waals surface area (Å²) >= 11 is 0. The fourth-order valence-electron chi connectivity index (χ4n) is 2.05. The highest BCUT2D eigenvalue weighted by molar-refractivity contribution is 5.75. The third kappa shape index (κ3) is 6.00. The Morgan fingerprint density at radius 1 is 1.38 bits per heavy atom. The van der Waals surface area contributed by atoms with Crippen molar-refractivity contribution >= 4 is 5.97 Å². The van der Waals surface area contributed by atoms with Crippen molar-refractivity contribution in [1.29, 1.82) is 0 Å². The maximum absolute atomic E-state index is 11.8. The fraction of sp³-hybridized carbons (Fsp3) is 0.471. The van der Waals surface area contributed by atoms with Gasteiger partial charge < -0.3 is 14.8 Å². The van der Waals surface area contributed by atoms with Gasteiger partial charge in [0.2, 0.25) is 0 Å². The molecule has 0 aromatic heterocycles. The minimum atomic E-state index is -0.303. The number of hydrogen-bond donors (Lipinski definition) is 1. The first-order valence-corrected chi connectivity index (χ1v) is 7.21. The Morgan fingerprint density at radius 3 is 2.71 bits per heavy atom. The Hall–Kier alpha value is -1.81. The number of nitrogens with one attached hydrogen (secondary N) is 1. The van der Waals surface area contributed by atoms with Gasteiger partial charge in [0.05, 0.1) is 7.11 Å². The quantitative estimate of drug-likeness (QED) is 0.561. The molecule has 1 rings (SSSR count). The molecule has 0 amide bonds. The summed E-state index contributed by atoms with van der Waals surface area (Å²) in [4.78, 5) is 11.8. The molecule has 1 N–H and O–H groups in total. The second-order valence-corrected chi connectivity index (χ2v) is 5.29. The lowest BCUT2D eigenvalue weighted by Gasteiger charge is -2.19. The Morgan fingerprint density at radius 2 is 2.10 bits per heavy atom. The van der Waals surface area contributed by atoms with Gasteiger partial charge in [-0.3, -0.25) is 4.79 Å². The standard InChI is InChI=1S/C17H25NO3/c1-5-10-21-16-9-7-6-8-14(16)12-18-15(11-13(2)3)17(19)20-4/h5-9,13,15,18H,1,10-12H2,2-4H3. The second-order valence-electron chi connectivity index (χ2n) is 5.29. The fourth-order valence-corrected chi connectivity index (χ4v) is 2.05. The van der Waals surface area contributed by atoms with Crippen LogP contribution in [0.2, 0.25) is 0 Å². The molecule has 0 spiro atoms. The number of hydrogen-bond acceptors (Lipinski definition) is 4. The van der Waals surface area contributed by atoms with E-state index in [2.05, 4.69) is 25.7 Å². The van der Waals surface area contributed by atoms with Crippen molar-refractivity contribution in [3.05, 3.63) is 42.5 Å². The monoisotopic (exact) mass is 291 g/mol.